The van der Waals surface area contributed by atoms with E-state index in [1.165, 1.54) is 0 Å². The Morgan fingerprint density at radius 3 is 2.80 bits per heavy atom. The van der Waals surface area contributed by atoms with Gasteiger partial charge in [0.2, 0.25) is 17.6 Å². The number of rotatable bonds is 5. The lowest BCUT2D eigenvalue weighted by Gasteiger charge is -2.20. The summed E-state index contributed by atoms with van der Waals surface area (Å²) in [6, 6.07) is 13.8. The lowest BCUT2D eigenvalue weighted by Crippen LogP contribution is -2.28. The molecule has 0 bridgehead atoms. The number of aryl methyl sites for hydroxylation is 2. The highest BCUT2D eigenvalue weighted by atomic mass is 32.1. The largest absolute Gasteiger partial charge is 0.353 e. The number of hydrogen-bond acceptors (Lipinski definition) is 5. The van der Waals surface area contributed by atoms with Crippen molar-refractivity contribution < 1.29 is 9.32 Å². The molecule has 1 saturated heterocycles. The summed E-state index contributed by atoms with van der Waals surface area (Å²) in [5.41, 5.74) is 4.83. The highest BCUT2D eigenvalue weighted by molar-refractivity contribution is 7.80. The molecule has 2 N–H and O–H groups in total. The molecule has 0 unspecified atom stereocenters. The van der Waals surface area contributed by atoms with Gasteiger partial charge in [-0.25, -0.2) is 0 Å². The summed E-state index contributed by atoms with van der Waals surface area (Å²) in [6.07, 6.45) is 1.50. The minimum absolute atomic E-state index is 0.164. The van der Waals surface area contributed by atoms with E-state index in [1.54, 1.807) is 0 Å². The molecule has 1 aliphatic heterocycles. The molecule has 3 aromatic rings. The molecule has 4 rings (SSSR count). The lowest BCUT2D eigenvalue weighted by molar-refractivity contribution is -0.117. The third-order valence-electron chi connectivity index (χ3n) is 5.09. The van der Waals surface area contributed by atoms with Crippen LogP contribution in [0.25, 0.3) is 11.4 Å². The number of nitrogens with zero attached hydrogens (tertiary/aromatic N) is 3. The molecule has 0 aliphatic carbocycles. The first-order valence-corrected chi connectivity index (χ1v) is 10.3. The van der Waals surface area contributed by atoms with Gasteiger partial charge in [0.05, 0.1) is 6.54 Å². The van der Waals surface area contributed by atoms with Gasteiger partial charge in [-0.15, -0.1) is 0 Å². The van der Waals surface area contributed by atoms with Gasteiger partial charge in [0.25, 0.3) is 0 Å². The second-order valence-electron chi connectivity index (χ2n) is 7.28. The van der Waals surface area contributed by atoms with Gasteiger partial charge in [0.15, 0.2) is 5.11 Å². The number of carbonyl (C=O) groups excluding carboxylic acids is 1. The Balaban J connectivity index is 1.38. The highest BCUT2D eigenvalue weighted by Gasteiger charge is 2.23. The molecule has 0 saturated carbocycles. The normalized spacial score (nSPS) is 13.5. The Morgan fingerprint density at radius 1 is 1.20 bits per heavy atom. The average molecular weight is 422 g/mol. The molecular weight excluding hydrogens is 398 g/mol. The number of hydrogen-bond donors (Lipinski definition) is 2. The molecular formula is C22H23N5O2S. The molecule has 0 radical (unpaired) electrons. The van der Waals surface area contributed by atoms with E-state index in [0.29, 0.717) is 29.8 Å². The van der Waals surface area contributed by atoms with Gasteiger partial charge >= 0.3 is 0 Å². The summed E-state index contributed by atoms with van der Waals surface area (Å²) in [5, 5.41) is 10.7. The van der Waals surface area contributed by atoms with Crippen molar-refractivity contribution in [1.82, 2.24) is 15.5 Å². The fourth-order valence-electron chi connectivity index (χ4n) is 3.47. The number of carbonyl (C=O) groups is 1. The lowest BCUT2D eigenvalue weighted by atomic mass is 10.1. The summed E-state index contributed by atoms with van der Waals surface area (Å²) < 4.78 is 5.33. The van der Waals surface area contributed by atoms with Crippen molar-refractivity contribution in [1.29, 1.82) is 0 Å². The van der Waals surface area contributed by atoms with E-state index in [2.05, 4.69) is 20.8 Å². The van der Waals surface area contributed by atoms with Crippen LogP contribution in [0.3, 0.4) is 0 Å². The molecule has 0 spiro atoms. The zero-order chi connectivity index (χ0) is 21.1. The van der Waals surface area contributed by atoms with E-state index in [1.807, 2.05) is 61.2 Å². The number of amides is 1. The van der Waals surface area contributed by atoms with Crippen LogP contribution < -0.4 is 15.5 Å². The van der Waals surface area contributed by atoms with Crippen molar-refractivity contribution in [2.45, 2.75) is 33.2 Å². The summed E-state index contributed by atoms with van der Waals surface area (Å²) in [6.45, 7) is 5.08. The van der Waals surface area contributed by atoms with Gasteiger partial charge in [-0.1, -0.05) is 35.5 Å². The summed E-state index contributed by atoms with van der Waals surface area (Å²) in [5.74, 6) is 1.17. The van der Waals surface area contributed by atoms with Crippen LogP contribution in [0.2, 0.25) is 0 Å². The highest BCUT2D eigenvalue weighted by Crippen LogP contribution is 2.28. The fourth-order valence-corrected chi connectivity index (χ4v) is 3.66. The second-order valence-corrected chi connectivity index (χ2v) is 7.69. The van der Waals surface area contributed by atoms with Crippen LogP contribution in [0.1, 0.15) is 29.9 Å². The van der Waals surface area contributed by atoms with Crippen LogP contribution in [0.4, 0.5) is 11.4 Å². The minimum atomic E-state index is 0.164. The molecule has 1 aromatic heterocycles. The average Bonchev–Trinajstić information content (AvgIpc) is 3.37. The molecule has 8 heteroatoms. The Kier molecular flexibility index (Phi) is 5.76. The van der Waals surface area contributed by atoms with Crippen LogP contribution in [0, 0.1) is 13.8 Å². The van der Waals surface area contributed by atoms with Crippen LogP contribution in [0.15, 0.2) is 47.0 Å². The third kappa shape index (κ3) is 4.33. The van der Waals surface area contributed by atoms with E-state index in [-0.39, 0.29) is 5.91 Å². The van der Waals surface area contributed by atoms with Crippen molar-refractivity contribution in [3.05, 3.63) is 59.5 Å². The Hall–Kier alpha value is -3.26. The van der Waals surface area contributed by atoms with E-state index < -0.39 is 0 Å². The van der Waals surface area contributed by atoms with Gasteiger partial charge in [-0.3, -0.25) is 4.79 Å². The fraction of sp³-hybridized carbons (Fsp3) is 0.273. The predicted octanol–water partition coefficient (Wildman–Crippen LogP) is 3.97. The van der Waals surface area contributed by atoms with Gasteiger partial charge in [-0.2, -0.15) is 4.98 Å². The van der Waals surface area contributed by atoms with Crippen LogP contribution in [-0.2, 0) is 11.3 Å². The van der Waals surface area contributed by atoms with E-state index in [9.17, 15) is 4.79 Å². The first-order valence-electron chi connectivity index (χ1n) is 9.86. The van der Waals surface area contributed by atoms with Crippen molar-refractivity contribution in [3.8, 4) is 11.4 Å². The van der Waals surface area contributed by atoms with Gasteiger partial charge in [0.1, 0.15) is 0 Å². The third-order valence-corrected chi connectivity index (χ3v) is 5.33. The quantitative estimate of drug-likeness (QED) is 0.603. The maximum absolute atomic E-state index is 12.1. The topological polar surface area (TPSA) is 83.3 Å². The smallest absolute Gasteiger partial charge is 0.246 e. The molecule has 1 fully saturated rings. The van der Waals surface area contributed by atoms with E-state index >= 15 is 0 Å². The Morgan fingerprint density at radius 2 is 2.03 bits per heavy atom. The maximum atomic E-state index is 12.1. The maximum Gasteiger partial charge on any atom is 0.246 e. The number of anilines is 2. The molecule has 1 amide bonds. The number of thiocarbonyl (C=S) groups is 1. The van der Waals surface area contributed by atoms with E-state index in [4.69, 9.17) is 16.7 Å². The Bertz CT molecular complexity index is 1090. The zero-order valence-corrected chi connectivity index (χ0v) is 17.8. The minimum Gasteiger partial charge on any atom is -0.353 e. The standard InChI is InChI=1S/C22H23N5O2S/c1-14-6-3-4-7-17(14)21-25-19(29-26-21)13-23-22(30)24-16-10-9-15(2)18(12-16)27-11-5-8-20(27)28/h3-4,6-7,9-10,12H,5,8,11,13H2,1-2H3,(H2,23,24,30). The van der Waals surface area contributed by atoms with Crippen molar-refractivity contribution in [3.63, 3.8) is 0 Å². The van der Waals surface area contributed by atoms with Crippen molar-refractivity contribution in [2.24, 2.45) is 0 Å². The predicted molar refractivity (Wildman–Crippen MR) is 120 cm³/mol. The molecule has 30 heavy (non-hydrogen) atoms. The molecule has 0 atom stereocenters. The summed E-state index contributed by atoms with van der Waals surface area (Å²) >= 11 is 5.40. The van der Waals surface area contributed by atoms with Gasteiger partial charge < -0.3 is 20.1 Å². The van der Waals surface area contributed by atoms with Crippen LogP contribution in [-0.4, -0.2) is 27.7 Å². The molecule has 154 valence electrons. The summed E-state index contributed by atoms with van der Waals surface area (Å²) in [7, 11) is 0. The number of benzene rings is 2. The molecule has 1 aliphatic rings. The molecule has 2 heterocycles. The van der Waals surface area contributed by atoms with Crippen molar-refractivity contribution in [2.75, 3.05) is 16.8 Å². The first kappa shape index (κ1) is 20.0. The number of aromatic nitrogens is 2. The zero-order valence-electron chi connectivity index (χ0n) is 16.9. The van der Waals surface area contributed by atoms with Crippen LogP contribution >= 0.6 is 12.2 Å². The van der Waals surface area contributed by atoms with Crippen LogP contribution in [0.5, 0.6) is 0 Å². The molecule has 7 nitrogen and oxygen atoms in total. The SMILES string of the molecule is Cc1ccccc1-c1noc(CNC(=S)Nc2ccc(C)c(N3CCCC3=O)c2)n1. The second kappa shape index (κ2) is 8.62. The monoisotopic (exact) mass is 421 g/mol. The first-order chi connectivity index (χ1) is 14.5. The van der Waals surface area contributed by atoms with Crippen molar-refractivity contribution >= 4 is 34.6 Å². The summed E-state index contributed by atoms with van der Waals surface area (Å²) in [4.78, 5) is 18.4. The van der Waals surface area contributed by atoms with E-state index in [0.717, 1.165) is 41.0 Å². The van der Waals surface area contributed by atoms with Gasteiger partial charge in [0, 0.05) is 29.9 Å². The number of nitrogens with one attached hydrogen (secondary N) is 2. The van der Waals surface area contributed by atoms with Gasteiger partial charge in [-0.05, 0) is 55.7 Å². The molecule has 2 aromatic carbocycles. The Labute approximate surface area is 180 Å².